The summed E-state index contributed by atoms with van der Waals surface area (Å²) in [4.78, 5) is 14.1. The third-order valence-electron chi connectivity index (χ3n) is 4.50. The van der Waals surface area contributed by atoms with Crippen LogP contribution in [0.1, 0.15) is 22.3 Å². The molecule has 7 nitrogen and oxygen atoms in total. The van der Waals surface area contributed by atoms with E-state index in [1.807, 2.05) is 0 Å². The first kappa shape index (κ1) is 20.3. The Kier molecular flexibility index (Phi) is 5.48. The van der Waals surface area contributed by atoms with Crippen LogP contribution in [0, 0.1) is 0 Å². The molecule has 0 saturated carbocycles. The van der Waals surface area contributed by atoms with Gasteiger partial charge in [-0.3, -0.25) is 9.48 Å². The van der Waals surface area contributed by atoms with Gasteiger partial charge in [0.2, 0.25) is 10.0 Å². The Bertz CT molecular complexity index is 972. The maximum Gasteiger partial charge on any atom is 0.416 e. The highest BCUT2D eigenvalue weighted by Gasteiger charge is 2.32. The molecule has 1 aromatic carbocycles. The highest BCUT2D eigenvalue weighted by Crippen LogP contribution is 2.30. The number of nitrogens with zero attached hydrogens (tertiary/aromatic N) is 4. The summed E-state index contributed by atoms with van der Waals surface area (Å²) in [6, 6.07) is 4.23. The number of aryl methyl sites for hydroxylation is 1. The normalized spacial score (nSPS) is 16.8. The highest BCUT2D eigenvalue weighted by molar-refractivity contribution is 7.89. The first-order valence-corrected chi connectivity index (χ1v) is 9.98. The lowest BCUT2D eigenvalue weighted by Gasteiger charge is -2.22. The highest BCUT2D eigenvalue weighted by atomic mass is 32.2. The van der Waals surface area contributed by atoms with E-state index in [2.05, 4.69) is 5.10 Å². The molecule has 0 spiro atoms. The number of benzene rings is 1. The lowest BCUT2D eigenvalue weighted by molar-refractivity contribution is -0.137. The fourth-order valence-electron chi connectivity index (χ4n) is 3.03. The first-order valence-electron chi connectivity index (χ1n) is 8.54. The van der Waals surface area contributed by atoms with Gasteiger partial charge in [-0.05, 0) is 24.6 Å². The molecule has 152 valence electrons. The van der Waals surface area contributed by atoms with E-state index < -0.39 is 27.7 Å². The minimum absolute atomic E-state index is 0.0575. The van der Waals surface area contributed by atoms with Crippen molar-refractivity contribution >= 4 is 15.9 Å². The fourth-order valence-corrected chi connectivity index (χ4v) is 4.49. The van der Waals surface area contributed by atoms with Crippen LogP contribution in [0.25, 0.3) is 0 Å². The lowest BCUT2D eigenvalue weighted by atomic mass is 10.1. The van der Waals surface area contributed by atoms with Crippen LogP contribution in [0.2, 0.25) is 0 Å². The standard InChI is InChI=1S/C17H19F3N4O3S/c1-22-12-15(11-21-22)28(26,27)24-7-3-6-23(8-9-24)16(25)13-4-2-5-14(10-13)17(18,19)20/h2,4-5,10-12H,3,6-9H2,1H3. The van der Waals surface area contributed by atoms with E-state index in [-0.39, 0.29) is 36.6 Å². The maximum absolute atomic E-state index is 12.9. The molecular weight excluding hydrogens is 397 g/mol. The van der Waals surface area contributed by atoms with Gasteiger partial charge >= 0.3 is 6.18 Å². The Hall–Kier alpha value is -2.40. The Balaban J connectivity index is 1.74. The van der Waals surface area contributed by atoms with Crippen molar-refractivity contribution in [1.29, 1.82) is 0 Å². The smallest absolute Gasteiger partial charge is 0.337 e. The average Bonchev–Trinajstić information content (AvgIpc) is 2.93. The summed E-state index contributed by atoms with van der Waals surface area (Å²) in [5.41, 5.74) is -0.965. The number of alkyl halides is 3. The summed E-state index contributed by atoms with van der Waals surface area (Å²) in [6.07, 6.45) is -1.51. The molecular formula is C17H19F3N4O3S. The number of sulfonamides is 1. The second-order valence-corrected chi connectivity index (χ2v) is 8.42. The van der Waals surface area contributed by atoms with Crippen molar-refractivity contribution in [2.45, 2.75) is 17.5 Å². The van der Waals surface area contributed by atoms with E-state index in [9.17, 15) is 26.4 Å². The van der Waals surface area contributed by atoms with Crippen molar-refractivity contribution in [2.75, 3.05) is 26.2 Å². The molecule has 1 aliphatic heterocycles. The largest absolute Gasteiger partial charge is 0.416 e. The molecule has 1 fully saturated rings. The molecule has 0 bridgehead atoms. The Morgan fingerprint density at radius 2 is 1.89 bits per heavy atom. The minimum Gasteiger partial charge on any atom is -0.337 e. The predicted octanol–water partition coefficient (Wildman–Crippen LogP) is 1.98. The molecule has 0 unspecified atom stereocenters. The summed E-state index contributed by atoms with van der Waals surface area (Å²) in [6.45, 7) is 0.619. The van der Waals surface area contributed by atoms with Crippen LogP contribution < -0.4 is 0 Å². The van der Waals surface area contributed by atoms with Crippen LogP contribution in [0.15, 0.2) is 41.6 Å². The molecule has 1 amide bonds. The fraction of sp³-hybridized carbons (Fsp3) is 0.412. The molecule has 0 atom stereocenters. The molecule has 1 aromatic heterocycles. The number of hydrogen-bond donors (Lipinski definition) is 0. The summed E-state index contributed by atoms with van der Waals surface area (Å²) in [5.74, 6) is -0.549. The molecule has 1 aliphatic rings. The monoisotopic (exact) mass is 416 g/mol. The summed E-state index contributed by atoms with van der Waals surface area (Å²) in [5, 5.41) is 3.87. The van der Waals surface area contributed by atoms with Crippen molar-refractivity contribution < 1.29 is 26.4 Å². The zero-order valence-corrected chi connectivity index (χ0v) is 15.9. The number of carbonyl (C=O) groups excluding carboxylic acids is 1. The molecule has 1 saturated heterocycles. The van der Waals surface area contributed by atoms with Crippen LogP contribution in [0.3, 0.4) is 0 Å². The van der Waals surface area contributed by atoms with Crippen LogP contribution >= 0.6 is 0 Å². The Labute approximate surface area is 160 Å². The Morgan fingerprint density at radius 3 is 2.54 bits per heavy atom. The minimum atomic E-state index is -4.54. The van der Waals surface area contributed by atoms with Crippen molar-refractivity contribution in [3.8, 4) is 0 Å². The van der Waals surface area contributed by atoms with Gasteiger partial charge in [0, 0.05) is 45.0 Å². The van der Waals surface area contributed by atoms with Crippen LogP contribution in [-0.2, 0) is 23.2 Å². The van der Waals surface area contributed by atoms with Gasteiger partial charge in [-0.15, -0.1) is 0 Å². The van der Waals surface area contributed by atoms with Crippen LogP contribution in [0.5, 0.6) is 0 Å². The number of rotatable bonds is 3. The maximum atomic E-state index is 12.9. The molecule has 2 aromatic rings. The second kappa shape index (κ2) is 7.55. The van der Waals surface area contributed by atoms with E-state index in [1.165, 1.54) is 38.4 Å². The van der Waals surface area contributed by atoms with Gasteiger partial charge in [-0.2, -0.15) is 22.6 Å². The number of hydrogen-bond acceptors (Lipinski definition) is 4. The zero-order valence-electron chi connectivity index (χ0n) is 15.1. The average molecular weight is 416 g/mol. The lowest BCUT2D eigenvalue weighted by Crippen LogP contribution is -2.37. The molecule has 11 heteroatoms. The van der Waals surface area contributed by atoms with Gasteiger partial charge in [0.25, 0.3) is 5.91 Å². The van der Waals surface area contributed by atoms with E-state index in [1.54, 1.807) is 7.05 Å². The summed E-state index contributed by atoms with van der Waals surface area (Å²) >= 11 is 0. The van der Waals surface area contributed by atoms with E-state index in [4.69, 9.17) is 0 Å². The topological polar surface area (TPSA) is 75.5 Å². The Morgan fingerprint density at radius 1 is 1.14 bits per heavy atom. The zero-order chi connectivity index (χ0) is 20.5. The number of halogens is 3. The predicted molar refractivity (Wildman–Crippen MR) is 93.9 cm³/mol. The van der Waals surface area contributed by atoms with Crippen molar-refractivity contribution in [3.05, 3.63) is 47.8 Å². The molecule has 0 N–H and O–H groups in total. The van der Waals surface area contributed by atoms with E-state index >= 15 is 0 Å². The van der Waals surface area contributed by atoms with Crippen LogP contribution in [0.4, 0.5) is 13.2 Å². The number of amides is 1. The summed E-state index contributed by atoms with van der Waals surface area (Å²) in [7, 11) is -2.13. The van der Waals surface area contributed by atoms with Gasteiger partial charge in [0.15, 0.2) is 0 Å². The molecule has 0 aliphatic carbocycles. The van der Waals surface area contributed by atoms with Gasteiger partial charge < -0.3 is 4.90 Å². The van der Waals surface area contributed by atoms with E-state index in [0.717, 1.165) is 12.1 Å². The van der Waals surface area contributed by atoms with Crippen molar-refractivity contribution in [2.24, 2.45) is 7.05 Å². The third kappa shape index (κ3) is 4.20. The molecule has 0 radical (unpaired) electrons. The van der Waals surface area contributed by atoms with Gasteiger partial charge in [-0.1, -0.05) is 6.07 Å². The van der Waals surface area contributed by atoms with Gasteiger partial charge in [-0.25, -0.2) is 8.42 Å². The SMILES string of the molecule is Cn1cc(S(=O)(=O)N2CCCN(C(=O)c3cccc(C(F)(F)F)c3)CC2)cn1. The second-order valence-electron chi connectivity index (χ2n) is 6.48. The number of carbonyl (C=O) groups is 1. The van der Waals surface area contributed by atoms with Crippen molar-refractivity contribution in [1.82, 2.24) is 19.0 Å². The molecule has 28 heavy (non-hydrogen) atoms. The van der Waals surface area contributed by atoms with Gasteiger partial charge in [0.05, 0.1) is 11.8 Å². The molecule has 2 heterocycles. The number of aromatic nitrogens is 2. The third-order valence-corrected chi connectivity index (χ3v) is 6.35. The first-order chi connectivity index (χ1) is 13.1. The van der Waals surface area contributed by atoms with Crippen molar-refractivity contribution in [3.63, 3.8) is 0 Å². The van der Waals surface area contributed by atoms with Gasteiger partial charge in [0.1, 0.15) is 4.90 Å². The van der Waals surface area contributed by atoms with E-state index in [0.29, 0.717) is 6.42 Å². The molecule has 3 rings (SSSR count). The van der Waals surface area contributed by atoms with Crippen LogP contribution in [-0.4, -0.2) is 59.5 Å². The quantitative estimate of drug-likeness (QED) is 0.767. The summed E-state index contributed by atoms with van der Waals surface area (Å²) < 4.78 is 66.7.